The zero-order valence-corrected chi connectivity index (χ0v) is 10.8. The van der Waals surface area contributed by atoms with Crippen LogP contribution in [0.4, 0.5) is 0 Å². The molecular formula is C15H19NO3. The first-order chi connectivity index (χ1) is 9.16. The van der Waals surface area contributed by atoms with Crippen LogP contribution in [0.5, 0.6) is 0 Å². The Hall–Kier alpha value is -1.84. The first kappa shape index (κ1) is 13.6. The predicted molar refractivity (Wildman–Crippen MR) is 71.6 cm³/mol. The van der Waals surface area contributed by atoms with Crippen LogP contribution in [-0.2, 0) is 16.0 Å². The molecule has 2 rings (SSSR count). The van der Waals surface area contributed by atoms with E-state index in [4.69, 9.17) is 5.11 Å². The van der Waals surface area contributed by atoms with E-state index in [1.807, 2.05) is 30.3 Å². The fourth-order valence-electron chi connectivity index (χ4n) is 2.56. The van der Waals surface area contributed by atoms with Gasteiger partial charge >= 0.3 is 5.97 Å². The SMILES string of the molecule is O=C(O)C1CCC(C(=O)NCCc2ccccc2)C1. The van der Waals surface area contributed by atoms with Crippen molar-refractivity contribution in [2.75, 3.05) is 6.54 Å². The van der Waals surface area contributed by atoms with Crippen molar-refractivity contribution in [2.24, 2.45) is 11.8 Å². The van der Waals surface area contributed by atoms with E-state index in [-0.39, 0.29) is 17.7 Å². The maximum atomic E-state index is 11.9. The van der Waals surface area contributed by atoms with Gasteiger partial charge in [-0.1, -0.05) is 30.3 Å². The molecule has 1 saturated carbocycles. The Kier molecular flexibility index (Phi) is 4.55. The lowest BCUT2D eigenvalue weighted by Crippen LogP contribution is -2.31. The van der Waals surface area contributed by atoms with Gasteiger partial charge in [-0.2, -0.15) is 0 Å². The fraction of sp³-hybridized carbons (Fsp3) is 0.467. The second-order valence-corrected chi connectivity index (χ2v) is 5.07. The number of hydrogen-bond acceptors (Lipinski definition) is 2. The summed E-state index contributed by atoms with van der Waals surface area (Å²) < 4.78 is 0. The van der Waals surface area contributed by atoms with Gasteiger partial charge in [-0.3, -0.25) is 9.59 Å². The summed E-state index contributed by atoms with van der Waals surface area (Å²) in [6.45, 7) is 0.608. The molecule has 4 heteroatoms. The zero-order chi connectivity index (χ0) is 13.7. The fourth-order valence-corrected chi connectivity index (χ4v) is 2.56. The smallest absolute Gasteiger partial charge is 0.306 e. The molecule has 1 fully saturated rings. The maximum Gasteiger partial charge on any atom is 0.306 e. The highest BCUT2D eigenvalue weighted by atomic mass is 16.4. The van der Waals surface area contributed by atoms with Gasteiger partial charge in [0.15, 0.2) is 0 Å². The number of aliphatic carboxylic acids is 1. The van der Waals surface area contributed by atoms with Gasteiger partial charge in [-0.15, -0.1) is 0 Å². The van der Waals surface area contributed by atoms with Crippen molar-refractivity contribution in [3.63, 3.8) is 0 Å². The van der Waals surface area contributed by atoms with E-state index in [0.717, 1.165) is 6.42 Å². The van der Waals surface area contributed by atoms with Crippen molar-refractivity contribution < 1.29 is 14.7 Å². The van der Waals surface area contributed by atoms with Crippen LogP contribution in [0.25, 0.3) is 0 Å². The molecule has 1 amide bonds. The van der Waals surface area contributed by atoms with E-state index in [0.29, 0.717) is 25.8 Å². The van der Waals surface area contributed by atoms with Crippen molar-refractivity contribution in [1.82, 2.24) is 5.32 Å². The molecule has 4 nitrogen and oxygen atoms in total. The molecule has 2 N–H and O–H groups in total. The molecule has 2 atom stereocenters. The quantitative estimate of drug-likeness (QED) is 0.850. The van der Waals surface area contributed by atoms with Crippen LogP contribution in [0.1, 0.15) is 24.8 Å². The van der Waals surface area contributed by atoms with Crippen LogP contribution in [0.15, 0.2) is 30.3 Å². The number of amides is 1. The van der Waals surface area contributed by atoms with E-state index in [1.165, 1.54) is 5.56 Å². The van der Waals surface area contributed by atoms with Crippen molar-refractivity contribution in [3.05, 3.63) is 35.9 Å². The normalized spacial score (nSPS) is 22.1. The van der Waals surface area contributed by atoms with Gasteiger partial charge in [0.1, 0.15) is 0 Å². The van der Waals surface area contributed by atoms with Crippen LogP contribution < -0.4 is 5.32 Å². The topological polar surface area (TPSA) is 66.4 Å². The summed E-state index contributed by atoms with van der Waals surface area (Å²) >= 11 is 0. The molecular weight excluding hydrogens is 242 g/mol. The minimum absolute atomic E-state index is 0.000295. The monoisotopic (exact) mass is 261 g/mol. The molecule has 0 heterocycles. The first-order valence-electron chi connectivity index (χ1n) is 6.71. The molecule has 1 aliphatic carbocycles. The zero-order valence-electron chi connectivity index (χ0n) is 10.8. The van der Waals surface area contributed by atoms with Gasteiger partial charge in [0, 0.05) is 12.5 Å². The van der Waals surface area contributed by atoms with Crippen LogP contribution in [0.2, 0.25) is 0 Å². The third kappa shape index (κ3) is 3.81. The highest BCUT2D eigenvalue weighted by Crippen LogP contribution is 2.30. The lowest BCUT2D eigenvalue weighted by atomic mass is 10.0. The van der Waals surface area contributed by atoms with Crippen molar-refractivity contribution in [3.8, 4) is 0 Å². The maximum absolute atomic E-state index is 11.9. The molecule has 0 saturated heterocycles. The first-order valence-corrected chi connectivity index (χ1v) is 6.71. The highest BCUT2D eigenvalue weighted by molar-refractivity contribution is 5.80. The number of carboxylic acids is 1. The Labute approximate surface area is 112 Å². The van der Waals surface area contributed by atoms with Crippen LogP contribution in [-0.4, -0.2) is 23.5 Å². The average Bonchev–Trinajstić information content (AvgIpc) is 2.89. The van der Waals surface area contributed by atoms with Gasteiger partial charge in [-0.05, 0) is 31.2 Å². The summed E-state index contributed by atoms with van der Waals surface area (Å²) in [6, 6.07) is 9.98. The number of carboxylic acid groups (broad SMARTS) is 1. The molecule has 0 aliphatic heterocycles. The minimum atomic E-state index is -0.778. The summed E-state index contributed by atoms with van der Waals surface area (Å²) in [4.78, 5) is 22.7. The molecule has 0 radical (unpaired) electrons. The van der Waals surface area contributed by atoms with Gasteiger partial charge in [-0.25, -0.2) is 0 Å². The van der Waals surface area contributed by atoms with Gasteiger partial charge in [0.25, 0.3) is 0 Å². The summed E-state index contributed by atoms with van der Waals surface area (Å²) in [7, 11) is 0. The standard InChI is InChI=1S/C15H19NO3/c17-14(12-6-7-13(10-12)15(18)19)16-9-8-11-4-2-1-3-5-11/h1-5,12-13H,6-10H2,(H,16,17)(H,18,19). The van der Waals surface area contributed by atoms with Crippen molar-refractivity contribution in [1.29, 1.82) is 0 Å². The summed E-state index contributed by atoms with van der Waals surface area (Å²) in [6.07, 6.45) is 2.59. The molecule has 102 valence electrons. The third-order valence-electron chi connectivity index (χ3n) is 3.71. The summed E-state index contributed by atoms with van der Waals surface area (Å²) in [5.41, 5.74) is 1.19. The molecule has 0 bridgehead atoms. The van der Waals surface area contributed by atoms with Gasteiger partial charge < -0.3 is 10.4 Å². The molecule has 1 aromatic rings. The largest absolute Gasteiger partial charge is 0.481 e. The van der Waals surface area contributed by atoms with E-state index < -0.39 is 5.97 Å². The molecule has 1 aliphatic rings. The van der Waals surface area contributed by atoms with E-state index in [2.05, 4.69) is 5.32 Å². The molecule has 0 spiro atoms. The van der Waals surface area contributed by atoms with E-state index in [9.17, 15) is 9.59 Å². The Morgan fingerprint density at radius 1 is 1.16 bits per heavy atom. The second kappa shape index (κ2) is 6.36. The third-order valence-corrected chi connectivity index (χ3v) is 3.71. The van der Waals surface area contributed by atoms with E-state index >= 15 is 0 Å². The van der Waals surface area contributed by atoms with E-state index in [1.54, 1.807) is 0 Å². The molecule has 19 heavy (non-hydrogen) atoms. The Balaban J connectivity index is 1.72. The average molecular weight is 261 g/mol. The van der Waals surface area contributed by atoms with Crippen molar-refractivity contribution in [2.45, 2.75) is 25.7 Å². The summed E-state index contributed by atoms with van der Waals surface area (Å²) in [5.74, 6) is -1.25. The van der Waals surface area contributed by atoms with Crippen LogP contribution >= 0.6 is 0 Å². The Morgan fingerprint density at radius 3 is 2.47 bits per heavy atom. The summed E-state index contributed by atoms with van der Waals surface area (Å²) in [5, 5.41) is 11.8. The lowest BCUT2D eigenvalue weighted by molar-refractivity contribution is -0.141. The van der Waals surface area contributed by atoms with Crippen LogP contribution in [0, 0.1) is 11.8 Å². The molecule has 0 aromatic heterocycles. The predicted octanol–water partition coefficient (Wildman–Crippen LogP) is 1.85. The number of hydrogen-bond donors (Lipinski definition) is 2. The van der Waals surface area contributed by atoms with Gasteiger partial charge in [0.2, 0.25) is 5.91 Å². The van der Waals surface area contributed by atoms with Crippen LogP contribution in [0.3, 0.4) is 0 Å². The number of rotatable bonds is 5. The highest BCUT2D eigenvalue weighted by Gasteiger charge is 2.33. The number of benzene rings is 1. The van der Waals surface area contributed by atoms with Crippen molar-refractivity contribution >= 4 is 11.9 Å². The number of carbonyl (C=O) groups is 2. The molecule has 1 aromatic carbocycles. The molecule has 2 unspecified atom stereocenters. The number of carbonyl (C=O) groups excluding carboxylic acids is 1. The lowest BCUT2D eigenvalue weighted by Gasteiger charge is -2.10. The minimum Gasteiger partial charge on any atom is -0.481 e. The second-order valence-electron chi connectivity index (χ2n) is 5.07. The van der Waals surface area contributed by atoms with Gasteiger partial charge in [0.05, 0.1) is 5.92 Å². The Morgan fingerprint density at radius 2 is 1.84 bits per heavy atom. The number of nitrogens with one attached hydrogen (secondary N) is 1. The Bertz CT molecular complexity index is 444.